The first-order valence-electron chi connectivity index (χ1n) is 12.8. The second kappa shape index (κ2) is 11.1. The first kappa shape index (κ1) is 24.3. The molecule has 1 N–H and O–H groups in total. The molecule has 2 aromatic carbocycles. The van der Waals surface area contributed by atoms with Crippen molar-refractivity contribution in [3.63, 3.8) is 0 Å². The van der Waals surface area contributed by atoms with Crippen LogP contribution in [0.1, 0.15) is 5.56 Å². The number of hydrogen-bond acceptors (Lipinski definition) is 8. The Kier molecular flexibility index (Phi) is 6.94. The number of amides is 1. The second-order valence-electron chi connectivity index (χ2n) is 9.22. The van der Waals surface area contributed by atoms with E-state index in [1.807, 2.05) is 85.1 Å². The SMILES string of the molecule is O=C(OCc1ccccc1)N1CCN(c2ccc(-c3ccnc(Nc4ccc5ncccc5c4)n3)cn2)CC1. The number of rotatable bonds is 6. The van der Waals surface area contributed by atoms with Crippen LogP contribution in [-0.4, -0.2) is 57.1 Å². The summed E-state index contributed by atoms with van der Waals surface area (Å²) in [5.74, 6) is 1.38. The maximum atomic E-state index is 12.5. The Labute approximate surface area is 226 Å². The van der Waals surface area contributed by atoms with Gasteiger partial charge in [0, 0.05) is 61.4 Å². The molecule has 0 spiro atoms. The van der Waals surface area contributed by atoms with Gasteiger partial charge in [-0.25, -0.2) is 19.7 Å². The van der Waals surface area contributed by atoms with Crippen LogP contribution in [0.25, 0.3) is 22.2 Å². The van der Waals surface area contributed by atoms with Crippen molar-refractivity contribution in [2.45, 2.75) is 6.61 Å². The molecule has 9 heteroatoms. The van der Waals surface area contributed by atoms with Crippen molar-refractivity contribution in [2.24, 2.45) is 0 Å². The van der Waals surface area contributed by atoms with E-state index in [0.717, 1.165) is 39.2 Å². The predicted molar refractivity (Wildman–Crippen MR) is 151 cm³/mol. The number of aromatic nitrogens is 4. The molecule has 9 nitrogen and oxygen atoms in total. The molecule has 1 saturated heterocycles. The molecule has 39 heavy (non-hydrogen) atoms. The highest BCUT2D eigenvalue weighted by Crippen LogP contribution is 2.23. The van der Waals surface area contributed by atoms with E-state index in [4.69, 9.17) is 4.74 Å². The number of hydrogen-bond donors (Lipinski definition) is 1. The van der Waals surface area contributed by atoms with Crippen molar-refractivity contribution in [3.8, 4) is 11.3 Å². The standard InChI is InChI=1S/C30H27N7O2/c38-30(39-21-22-5-2-1-3-6-22)37-17-15-36(16-18-37)28-11-8-24(20-33-28)27-12-14-32-29(35-27)34-25-9-10-26-23(19-25)7-4-13-31-26/h1-14,19-20H,15-18,21H2,(H,32,34,35). The fraction of sp³-hybridized carbons (Fsp3) is 0.167. The van der Waals surface area contributed by atoms with Gasteiger partial charge in [-0.15, -0.1) is 0 Å². The molecule has 3 aromatic heterocycles. The third-order valence-corrected chi connectivity index (χ3v) is 6.63. The van der Waals surface area contributed by atoms with Crippen molar-refractivity contribution in [2.75, 3.05) is 36.4 Å². The van der Waals surface area contributed by atoms with Crippen molar-refractivity contribution in [1.29, 1.82) is 0 Å². The van der Waals surface area contributed by atoms with Crippen molar-refractivity contribution < 1.29 is 9.53 Å². The van der Waals surface area contributed by atoms with Gasteiger partial charge < -0.3 is 19.9 Å². The van der Waals surface area contributed by atoms with Crippen LogP contribution in [-0.2, 0) is 11.3 Å². The number of benzene rings is 2. The maximum absolute atomic E-state index is 12.5. The molecule has 1 aliphatic rings. The molecule has 0 aliphatic carbocycles. The van der Waals surface area contributed by atoms with Crippen LogP contribution in [0, 0.1) is 0 Å². The molecule has 1 aliphatic heterocycles. The molecule has 0 unspecified atom stereocenters. The monoisotopic (exact) mass is 517 g/mol. The summed E-state index contributed by atoms with van der Waals surface area (Å²) in [6.45, 7) is 2.83. The lowest BCUT2D eigenvalue weighted by Crippen LogP contribution is -2.49. The first-order valence-corrected chi connectivity index (χ1v) is 12.8. The van der Waals surface area contributed by atoms with E-state index >= 15 is 0 Å². The summed E-state index contributed by atoms with van der Waals surface area (Å²) in [6.07, 6.45) is 5.06. The molecule has 194 valence electrons. The average Bonchev–Trinajstić information content (AvgIpc) is 3.01. The lowest BCUT2D eigenvalue weighted by molar-refractivity contribution is 0.0941. The second-order valence-corrected chi connectivity index (χ2v) is 9.22. The molecule has 1 fully saturated rings. The summed E-state index contributed by atoms with van der Waals surface area (Å²) in [5, 5.41) is 4.32. The molecular weight excluding hydrogens is 490 g/mol. The molecule has 1 amide bonds. The van der Waals surface area contributed by atoms with Crippen molar-refractivity contribution in [3.05, 3.63) is 103 Å². The highest BCUT2D eigenvalue weighted by atomic mass is 16.6. The summed E-state index contributed by atoms with van der Waals surface area (Å²) in [6, 6.07) is 25.5. The molecule has 5 aromatic rings. The number of nitrogens with zero attached hydrogens (tertiary/aromatic N) is 6. The lowest BCUT2D eigenvalue weighted by Gasteiger charge is -2.34. The number of carbonyl (C=O) groups excluding carboxylic acids is 1. The fourth-order valence-corrected chi connectivity index (χ4v) is 4.52. The predicted octanol–water partition coefficient (Wildman–Crippen LogP) is 5.29. The minimum Gasteiger partial charge on any atom is -0.445 e. The molecule has 0 radical (unpaired) electrons. The van der Waals surface area contributed by atoms with E-state index in [1.165, 1.54) is 0 Å². The summed E-state index contributed by atoms with van der Waals surface area (Å²) in [4.78, 5) is 34.5. The third kappa shape index (κ3) is 5.77. The summed E-state index contributed by atoms with van der Waals surface area (Å²) in [7, 11) is 0. The molecule has 4 heterocycles. The summed E-state index contributed by atoms with van der Waals surface area (Å²) >= 11 is 0. The highest BCUT2D eigenvalue weighted by Gasteiger charge is 2.23. The molecule has 6 rings (SSSR count). The Morgan fingerprint density at radius 3 is 2.54 bits per heavy atom. The Bertz CT molecular complexity index is 1570. The Morgan fingerprint density at radius 1 is 0.846 bits per heavy atom. The maximum Gasteiger partial charge on any atom is 0.410 e. The van der Waals surface area contributed by atoms with Gasteiger partial charge in [0.05, 0.1) is 11.2 Å². The van der Waals surface area contributed by atoms with Crippen molar-refractivity contribution >= 4 is 34.4 Å². The van der Waals surface area contributed by atoms with E-state index in [0.29, 0.717) is 32.1 Å². The average molecular weight is 518 g/mol. The Balaban J connectivity index is 1.05. The smallest absolute Gasteiger partial charge is 0.410 e. The minimum atomic E-state index is -0.282. The first-order chi connectivity index (χ1) is 19.2. The van der Waals surface area contributed by atoms with E-state index < -0.39 is 0 Å². The van der Waals surface area contributed by atoms with E-state index in [9.17, 15) is 4.79 Å². The van der Waals surface area contributed by atoms with Gasteiger partial charge in [0.2, 0.25) is 5.95 Å². The van der Waals surface area contributed by atoms with Gasteiger partial charge in [-0.05, 0) is 48.0 Å². The van der Waals surface area contributed by atoms with Gasteiger partial charge in [-0.1, -0.05) is 36.4 Å². The minimum absolute atomic E-state index is 0.281. The molecular formula is C30H27N7O2. The van der Waals surface area contributed by atoms with Crippen molar-refractivity contribution in [1.82, 2.24) is 24.8 Å². The number of anilines is 3. The van der Waals surface area contributed by atoms with Crippen LogP contribution in [0.2, 0.25) is 0 Å². The lowest BCUT2D eigenvalue weighted by atomic mass is 10.2. The topological polar surface area (TPSA) is 96.4 Å². The summed E-state index contributed by atoms with van der Waals surface area (Å²) < 4.78 is 5.47. The van der Waals surface area contributed by atoms with Gasteiger partial charge >= 0.3 is 6.09 Å². The van der Waals surface area contributed by atoms with Crippen LogP contribution >= 0.6 is 0 Å². The molecule has 0 atom stereocenters. The van der Waals surface area contributed by atoms with E-state index in [-0.39, 0.29) is 12.7 Å². The normalized spacial score (nSPS) is 13.3. The Morgan fingerprint density at radius 2 is 1.72 bits per heavy atom. The van der Waals surface area contributed by atoms with Gasteiger partial charge in [0.1, 0.15) is 12.4 Å². The van der Waals surface area contributed by atoms with Gasteiger partial charge in [0.15, 0.2) is 0 Å². The summed E-state index contributed by atoms with van der Waals surface area (Å²) in [5.41, 5.74) is 4.49. The molecule has 0 saturated carbocycles. The number of fused-ring (bicyclic) bond motifs is 1. The molecule has 0 bridgehead atoms. The quantitative estimate of drug-likeness (QED) is 0.325. The Hall–Kier alpha value is -5.05. The van der Waals surface area contributed by atoms with E-state index in [2.05, 4.69) is 30.2 Å². The van der Waals surface area contributed by atoms with Crippen LogP contribution in [0.4, 0.5) is 22.2 Å². The number of carbonyl (C=O) groups is 1. The number of nitrogens with one attached hydrogen (secondary N) is 1. The third-order valence-electron chi connectivity index (χ3n) is 6.63. The van der Waals surface area contributed by atoms with Crippen LogP contribution < -0.4 is 10.2 Å². The largest absolute Gasteiger partial charge is 0.445 e. The van der Waals surface area contributed by atoms with E-state index in [1.54, 1.807) is 17.3 Å². The zero-order chi connectivity index (χ0) is 26.4. The van der Waals surface area contributed by atoms with Crippen LogP contribution in [0.15, 0.2) is 97.5 Å². The van der Waals surface area contributed by atoms with Crippen LogP contribution in [0.3, 0.4) is 0 Å². The fourth-order valence-electron chi connectivity index (χ4n) is 4.52. The number of ether oxygens (including phenoxy) is 1. The van der Waals surface area contributed by atoms with Gasteiger partial charge in [-0.2, -0.15) is 0 Å². The zero-order valence-corrected chi connectivity index (χ0v) is 21.3. The zero-order valence-electron chi connectivity index (χ0n) is 21.3. The van der Waals surface area contributed by atoms with Crippen LogP contribution in [0.5, 0.6) is 0 Å². The number of pyridine rings is 2. The number of piperazine rings is 1. The highest BCUT2D eigenvalue weighted by molar-refractivity contribution is 5.82. The van der Waals surface area contributed by atoms with Gasteiger partial charge in [-0.3, -0.25) is 4.98 Å². The van der Waals surface area contributed by atoms with Gasteiger partial charge in [0.25, 0.3) is 0 Å².